The Morgan fingerprint density at radius 3 is 2.50 bits per heavy atom. The Kier molecular flexibility index (Phi) is 3.79. The molecule has 0 atom stereocenters. The second-order valence-electron chi connectivity index (χ2n) is 1.45. The minimum Gasteiger partial charge on any atom is -0.515 e. The van der Waals surface area contributed by atoms with Crippen LogP contribution in [0.2, 0.25) is 0 Å². The van der Waals surface area contributed by atoms with E-state index < -0.39 is 5.78 Å². The van der Waals surface area contributed by atoms with E-state index in [2.05, 4.69) is 5.18 Å². The predicted molar refractivity (Wildman–Crippen MR) is 36.3 cm³/mol. The summed E-state index contributed by atoms with van der Waals surface area (Å²) in [6, 6.07) is 0. The van der Waals surface area contributed by atoms with Crippen LogP contribution < -0.4 is 0 Å². The highest BCUT2D eigenvalue weighted by Crippen LogP contribution is 1.97. The molecule has 0 spiro atoms. The van der Waals surface area contributed by atoms with Crippen LogP contribution in [0.1, 0.15) is 6.92 Å². The van der Waals surface area contributed by atoms with Gasteiger partial charge < -0.3 is 5.11 Å². The summed E-state index contributed by atoms with van der Waals surface area (Å²) in [5.41, 5.74) is -0.203. The van der Waals surface area contributed by atoms with Gasteiger partial charge in [-0.05, 0) is 12.1 Å². The maximum atomic E-state index is 10.6. The van der Waals surface area contributed by atoms with E-state index in [1.165, 1.54) is 13.0 Å². The van der Waals surface area contributed by atoms with E-state index in [0.29, 0.717) is 6.26 Å². The highest BCUT2D eigenvalue weighted by molar-refractivity contribution is 6.03. The molecule has 4 nitrogen and oxygen atoms in total. The summed E-state index contributed by atoms with van der Waals surface area (Å²) >= 11 is 0. The van der Waals surface area contributed by atoms with Crippen molar-refractivity contribution in [3.05, 3.63) is 29.0 Å². The Bertz CT molecular complexity index is 193. The molecule has 0 radical (unpaired) electrons. The van der Waals surface area contributed by atoms with E-state index in [-0.39, 0.29) is 5.70 Å². The van der Waals surface area contributed by atoms with Crippen molar-refractivity contribution in [2.24, 2.45) is 5.18 Å². The van der Waals surface area contributed by atoms with Crippen LogP contribution in [0.4, 0.5) is 0 Å². The maximum absolute atomic E-state index is 10.6. The van der Waals surface area contributed by atoms with Gasteiger partial charge in [0.1, 0.15) is 0 Å². The second kappa shape index (κ2) is 4.43. The summed E-state index contributed by atoms with van der Waals surface area (Å²) in [6.07, 6.45) is 2.70. The van der Waals surface area contributed by atoms with Crippen molar-refractivity contribution in [3.63, 3.8) is 0 Å². The molecule has 0 unspecified atom stereocenters. The number of hydrogen-bond donors (Lipinski definition) is 1. The van der Waals surface area contributed by atoms with Crippen molar-refractivity contribution >= 4 is 5.78 Å². The number of allylic oxidation sites excluding steroid dienone is 2. The van der Waals surface area contributed by atoms with Gasteiger partial charge in [0.2, 0.25) is 5.78 Å². The zero-order valence-corrected chi connectivity index (χ0v) is 5.44. The van der Waals surface area contributed by atoms with Crippen molar-refractivity contribution < 1.29 is 9.90 Å². The van der Waals surface area contributed by atoms with Crippen LogP contribution in [-0.2, 0) is 4.79 Å². The van der Waals surface area contributed by atoms with Gasteiger partial charge >= 0.3 is 0 Å². The monoisotopic (exact) mass is 141 g/mol. The molecule has 0 aliphatic carbocycles. The third kappa shape index (κ3) is 2.21. The number of carbonyl (C=O) groups is 1. The van der Waals surface area contributed by atoms with Gasteiger partial charge in [0, 0.05) is 6.08 Å². The molecule has 0 saturated heterocycles. The van der Waals surface area contributed by atoms with Crippen molar-refractivity contribution in [3.8, 4) is 0 Å². The van der Waals surface area contributed by atoms with Crippen LogP contribution in [-0.4, -0.2) is 10.9 Å². The minimum atomic E-state index is -0.597. The number of aliphatic hydroxyl groups is 1. The summed E-state index contributed by atoms with van der Waals surface area (Å²) in [5, 5.41) is 10.5. The van der Waals surface area contributed by atoms with Crippen LogP contribution in [0.25, 0.3) is 0 Å². The SMILES string of the molecule is C/C=C(/N=O)C(=O)/C=C\O. The molecule has 4 heteroatoms. The van der Waals surface area contributed by atoms with Crippen LogP contribution in [0, 0.1) is 4.91 Å². The Morgan fingerprint density at radius 1 is 1.60 bits per heavy atom. The molecule has 0 aromatic heterocycles. The van der Waals surface area contributed by atoms with Gasteiger partial charge in [-0.15, -0.1) is 4.91 Å². The molecule has 1 N–H and O–H groups in total. The number of ketones is 1. The van der Waals surface area contributed by atoms with Crippen molar-refractivity contribution in [2.45, 2.75) is 6.92 Å². The average Bonchev–Trinajstić information content (AvgIpc) is 1.91. The molecule has 0 aromatic rings. The van der Waals surface area contributed by atoms with Crippen molar-refractivity contribution in [2.75, 3.05) is 0 Å². The van der Waals surface area contributed by atoms with Crippen LogP contribution >= 0.6 is 0 Å². The highest BCUT2D eigenvalue weighted by Gasteiger charge is 2.02. The third-order valence-electron chi connectivity index (χ3n) is 0.850. The fourth-order valence-electron chi connectivity index (χ4n) is 0.393. The molecule has 10 heavy (non-hydrogen) atoms. The number of hydrogen-bond acceptors (Lipinski definition) is 4. The van der Waals surface area contributed by atoms with E-state index >= 15 is 0 Å². The minimum absolute atomic E-state index is 0.203. The van der Waals surface area contributed by atoms with Crippen LogP contribution in [0.5, 0.6) is 0 Å². The number of aliphatic hydroxyl groups excluding tert-OH is 1. The smallest absolute Gasteiger partial charge is 0.210 e. The van der Waals surface area contributed by atoms with Crippen LogP contribution in [0.15, 0.2) is 29.3 Å². The first-order valence-electron chi connectivity index (χ1n) is 2.61. The van der Waals surface area contributed by atoms with E-state index in [4.69, 9.17) is 5.11 Å². The van der Waals surface area contributed by atoms with E-state index in [9.17, 15) is 9.70 Å². The number of carbonyl (C=O) groups excluding carboxylic acids is 1. The first kappa shape index (κ1) is 8.55. The molecule has 0 amide bonds. The predicted octanol–water partition coefficient (Wildman–Crippen LogP) is 1.30. The first-order chi connectivity index (χ1) is 4.76. The quantitative estimate of drug-likeness (QED) is 0.366. The molecular formula is C6H7NO3. The average molecular weight is 141 g/mol. The Labute approximate surface area is 57.8 Å². The molecule has 0 bridgehead atoms. The first-order valence-corrected chi connectivity index (χ1v) is 2.61. The third-order valence-corrected chi connectivity index (χ3v) is 0.850. The summed E-state index contributed by atoms with van der Waals surface area (Å²) in [7, 11) is 0. The zero-order chi connectivity index (χ0) is 7.98. The number of nitroso groups, excluding NO2 is 1. The summed E-state index contributed by atoms with van der Waals surface area (Å²) in [4.78, 5) is 20.4. The van der Waals surface area contributed by atoms with Gasteiger partial charge in [0.15, 0.2) is 5.70 Å². The normalized spacial score (nSPS) is 11.9. The molecule has 0 fully saturated rings. The summed E-state index contributed by atoms with van der Waals surface area (Å²) in [5.74, 6) is -0.597. The second-order valence-corrected chi connectivity index (χ2v) is 1.45. The summed E-state index contributed by atoms with van der Waals surface area (Å²) < 4.78 is 0. The van der Waals surface area contributed by atoms with Gasteiger partial charge in [0.05, 0.1) is 6.26 Å². The topological polar surface area (TPSA) is 66.7 Å². The van der Waals surface area contributed by atoms with Crippen LogP contribution in [0.3, 0.4) is 0 Å². The van der Waals surface area contributed by atoms with Gasteiger partial charge in [-0.3, -0.25) is 4.79 Å². The fourth-order valence-corrected chi connectivity index (χ4v) is 0.393. The molecule has 0 rings (SSSR count). The molecule has 0 aliphatic rings. The number of rotatable bonds is 3. The van der Waals surface area contributed by atoms with Gasteiger partial charge in [-0.1, -0.05) is 6.08 Å². The van der Waals surface area contributed by atoms with E-state index in [1.807, 2.05) is 0 Å². The lowest BCUT2D eigenvalue weighted by atomic mass is 10.3. The number of nitrogens with zero attached hydrogens (tertiary/aromatic N) is 1. The van der Waals surface area contributed by atoms with Crippen molar-refractivity contribution in [1.29, 1.82) is 0 Å². The zero-order valence-electron chi connectivity index (χ0n) is 5.44. The van der Waals surface area contributed by atoms with Gasteiger partial charge in [0.25, 0.3) is 0 Å². The summed E-state index contributed by atoms with van der Waals surface area (Å²) in [6.45, 7) is 1.51. The Hall–Kier alpha value is -1.45. The lowest BCUT2D eigenvalue weighted by Gasteiger charge is -1.85. The molecular weight excluding hydrogens is 134 g/mol. The highest BCUT2D eigenvalue weighted by atomic mass is 16.3. The van der Waals surface area contributed by atoms with Gasteiger partial charge in [-0.25, -0.2) is 0 Å². The lowest BCUT2D eigenvalue weighted by Crippen LogP contribution is -1.93. The Morgan fingerprint density at radius 2 is 2.20 bits per heavy atom. The fraction of sp³-hybridized carbons (Fsp3) is 0.167. The van der Waals surface area contributed by atoms with E-state index in [0.717, 1.165) is 6.08 Å². The maximum Gasteiger partial charge on any atom is 0.210 e. The largest absolute Gasteiger partial charge is 0.515 e. The van der Waals surface area contributed by atoms with Crippen molar-refractivity contribution in [1.82, 2.24) is 0 Å². The lowest BCUT2D eigenvalue weighted by molar-refractivity contribution is -0.111. The van der Waals surface area contributed by atoms with Gasteiger partial charge in [-0.2, -0.15) is 0 Å². The molecule has 0 aliphatic heterocycles. The van der Waals surface area contributed by atoms with E-state index in [1.54, 1.807) is 0 Å². The molecule has 54 valence electrons. The molecule has 0 saturated carbocycles. The molecule has 0 aromatic carbocycles. The molecule has 0 heterocycles. The standard InChI is InChI=1S/C6H7NO3/c1-2-5(7-10)6(9)3-4-8/h2-4,8H,1H3/b4-3-,5-2+. The Balaban J connectivity index is 4.32.